The van der Waals surface area contributed by atoms with Crippen molar-refractivity contribution in [2.75, 3.05) is 14.1 Å². The topological polar surface area (TPSA) is 38.1 Å². The fraction of sp³-hybridized carbons (Fsp3) is 0.263. The molecule has 0 N–H and O–H groups in total. The van der Waals surface area contributed by atoms with Gasteiger partial charge in [-0.15, -0.1) is 11.3 Å². The van der Waals surface area contributed by atoms with Crippen LogP contribution in [0.4, 0.5) is 0 Å². The molecular weight excluding hydrogens is 318 g/mol. The first-order valence-corrected chi connectivity index (χ1v) is 8.86. The summed E-state index contributed by atoms with van der Waals surface area (Å²) in [6.45, 7) is 2.04. The highest BCUT2D eigenvalue weighted by Gasteiger charge is 2.16. The number of thiophene rings is 1. The van der Waals surface area contributed by atoms with E-state index in [1.54, 1.807) is 22.2 Å². The summed E-state index contributed by atoms with van der Waals surface area (Å²) in [4.78, 5) is 19.8. The summed E-state index contributed by atoms with van der Waals surface area (Å²) < 4.78 is 3.55. The van der Waals surface area contributed by atoms with E-state index < -0.39 is 0 Å². The molecule has 0 bridgehead atoms. The molecule has 2 aromatic heterocycles. The summed E-state index contributed by atoms with van der Waals surface area (Å²) in [6, 6.07) is 7.94. The Labute approximate surface area is 144 Å². The van der Waals surface area contributed by atoms with Crippen LogP contribution in [0.25, 0.3) is 27.7 Å². The number of benzene rings is 1. The largest absolute Gasteiger partial charge is 0.380 e. The van der Waals surface area contributed by atoms with Gasteiger partial charge in [0, 0.05) is 29.5 Å². The van der Waals surface area contributed by atoms with E-state index in [4.69, 9.17) is 0 Å². The second-order valence-electron chi connectivity index (χ2n) is 6.36. The van der Waals surface area contributed by atoms with Crippen LogP contribution in [0.15, 0.2) is 35.4 Å². The molecule has 3 aromatic rings. The van der Waals surface area contributed by atoms with Crippen molar-refractivity contribution in [3.8, 4) is 5.69 Å². The number of hydrogen-bond acceptors (Lipinski definition) is 4. The van der Waals surface area contributed by atoms with Gasteiger partial charge in [0.05, 0.1) is 11.2 Å². The van der Waals surface area contributed by atoms with Crippen molar-refractivity contribution in [3.05, 3.63) is 56.3 Å². The van der Waals surface area contributed by atoms with Crippen molar-refractivity contribution in [2.45, 2.75) is 19.8 Å². The van der Waals surface area contributed by atoms with Crippen molar-refractivity contribution in [1.82, 2.24) is 14.5 Å². The SMILES string of the molecule is Cc1ccc(-n2cnc3c4c(sc3c2=O)=CCCC=4N(C)C)cc1. The highest BCUT2D eigenvalue weighted by molar-refractivity contribution is 7.16. The fourth-order valence-electron chi connectivity index (χ4n) is 3.21. The molecule has 4 nitrogen and oxygen atoms in total. The molecule has 0 unspecified atom stereocenters. The maximum atomic E-state index is 13.0. The number of fused-ring (bicyclic) bond motifs is 3. The molecule has 0 fully saturated rings. The third kappa shape index (κ3) is 2.27. The van der Waals surface area contributed by atoms with Crippen LogP contribution >= 0.6 is 11.3 Å². The lowest BCUT2D eigenvalue weighted by molar-refractivity contribution is 0.562. The predicted molar refractivity (Wildman–Crippen MR) is 100.0 cm³/mol. The van der Waals surface area contributed by atoms with Gasteiger partial charge in [-0.05, 0) is 31.9 Å². The molecule has 0 saturated carbocycles. The first kappa shape index (κ1) is 15.1. The van der Waals surface area contributed by atoms with Gasteiger partial charge < -0.3 is 4.90 Å². The Bertz CT molecular complexity index is 1100. The highest BCUT2D eigenvalue weighted by atomic mass is 32.1. The Morgan fingerprint density at radius 2 is 1.96 bits per heavy atom. The molecule has 0 spiro atoms. The predicted octanol–water partition coefficient (Wildman–Crippen LogP) is 2.00. The van der Waals surface area contributed by atoms with E-state index in [0.29, 0.717) is 0 Å². The van der Waals surface area contributed by atoms with E-state index in [9.17, 15) is 4.79 Å². The summed E-state index contributed by atoms with van der Waals surface area (Å²) in [5.74, 6) is 0. The van der Waals surface area contributed by atoms with Crippen LogP contribution in [-0.2, 0) is 0 Å². The Morgan fingerprint density at radius 3 is 2.67 bits per heavy atom. The van der Waals surface area contributed by atoms with Crippen molar-refractivity contribution < 1.29 is 0 Å². The van der Waals surface area contributed by atoms with Gasteiger partial charge in [0.2, 0.25) is 0 Å². The lowest BCUT2D eigenvalue weighted by Crippen LogP contribution is -2.31. The van der Waals surface area contributed by atoms with E-state index in [2.05, 4.69) is 30.1 Å². The van der Waals surface area contributed by atoms with Gasteiger partial charge in [-0.2, -0.15) is 0 Å². The zero-order valence-electron chi connectivity index (χ0n) is 14.0. The summed E-state index contributed by atoms with van der Waals surface area (Å²) in [5, 5.41) is 1.14. The van der Waals surface area contributed by atoms with Crippen LogP contribution in [-0.4, -0.2) is 28.5 Å². The van der Waals surface area contributed by atoms with E-state index in [0.717, 1.165) is 34.0 Å². The molecule has 1 aliphatic rings. The van der Waals surface area contributed by atoms with Crippen LogP contribution in [0.1, 0.15) is 18.4 Å². The molecule has 0 aliphatic heterocycles. The summed E-state index contributed by atoms with van der Waals surface area (Å²) >= 11 is 1.56. The fourth-order valence-corrected chi connectivity index (χ4v) is 4.38. The highest BCUT2D eigenvalue weighted by Crippen LogP contribution is 2.16. The van der Waals surface area contributed by atoms with Crippen molar-refractivity contribution in [3.63, 3.8) is 0 Å². The molecule has 0 saturated heterocycles. The third-order valence-corrected chi connectivity index (χ3v) is 5.64. The van der Waals surface area contributed by atoms with Gasteiger partial charge >= 0.3 is 0 Å². The lowest BCUT2D eigenvalue weighted by atomic mass is 10.1. The molecule has 24 heavy (non-hydrogen) atoms. The lowest BCUT2D eigenvalue weighted by Gasteiger charge is -2.18. The Hall–Kier alpha value is -2.40. The molecule has 5 heteroatoms. The minimum Gasteiger partial charge on any atom is -0.380 e. The van der Waals surface area contributed by atoms with Crippen LogP contribution in [0, 0.1) is 6.92 Å². The normalized spacial score (nSPS) is 13.7. The van der Waals surface area contributed by atoms with Crippen LogP contribution in [0.2, 0.25) is 0 Å². The van der Waals surface area contributed by atoms with E-state index in [-0.39, 0.29) is 5.56 Å². The maximum Gasteiger partial charge on any atom is 0.275 e. The summed E-state index contributed by atoms with van der Waals surface area (Å²) in [6.07, 6.45) is 5.89. The number of nitrogens with zero attached hydrogens (tertiary/aromatic N) is 3. The zero-order valence-corrected chi connectivity index (χ0v) is 14.9. The molecule has 0 amide bonds. The molecular formula is C19H19N3OS. The smallest absolute Gasteiger partial charge is 0.275 e. The van der Waals surface area contributed by atoms with E-state index in [1.165, 1.54) is 15.8 Å². The van der Waals surface area contributed by atoms with Crippen molar-refractivity contribution in [2.24, 2.45) is 0 Å². The molecule has 122 valence electrons. The Morgan fingerprint density at radius 1 is 1.21 bits per heavy atom. The minimum absolute atomic E-state index is 0.00904. The minimum atomic E-state index is 0.00904. The standard InChI is InChI=1S/C19H19N3OS/c1-12-7-9-13(10-8-12)22-11-20-17-16-14(21(2)3)5-4-6-15(16)24-18(17)19(22)23/h6-11H,4-5H2,1-3H3. The van der Waals surface area contributed by atoms with Crippen LogP contribution in [0.3, 0.4) is 0 Å². The molecule has 0 radical (unpaired) electrons. The van der Waals surface area contributed by atoms with Crippen LogP contribution < -0.4 is 15.3 Å². The zero-order chi connectivity index (χ0) is 16.8. The average Bonchev–Trinajstić information content (AvgIpc) is 2.96. The molecule has 0 atom stereocenters. The van der Waals surface area contributed by atoms with Gasteiger partial charge in [-0.1, -0.05) is 23.8 Å². The van der Waals surface area contributed by atoms with Gasteiger partial charge in [0.15, 0.2) is 0 Å². The number of rotatable bonds is 2. The maximum absolute atomic E-state index is 13.0. The first-order chi connectivity index (χ1) is 11.6. The molecule has 4 rings (SSSR count). The number of hydrogen-bond donors (Lipinski definition) is 0. The molecule has 2 heterocycles. The Kier molecular flexibility index (Phi) is 3.53. The number of aryl methyl sites for hydroxylation is 1. The first-order valence-electron chi connectivity index (χ1n) is 8.04. The monoisotopic (exact) mass is 337 g/mol. The van der Waals surface area contributed by atoms with Gasteiger partial charge in [0.1, 0.15) is 11.0 Å². The van der Waals surface area contributed by atoms with E-state index in [1.807, 2.05) is 31.2 Å². The average molecular weight is 337 g/mol. The molecule has 1 aliphatic carbocycles. The number of aromatic nitrogens is 2. The molecule has 1 aromatic carbocycles. The van der Waals surface area contributed by atoms with Crippen molar-refractivity contribution in [1.29, 1.82) is 0 Å². The summed E-state index contributed by atoms with van der Waals surface area (Å²) in [5.41, 5.74) is 4.14. The van der Waals surface area contributed by atoms with Gasteiger partial charge in [-0.25, -0.2) is 4.98 Å². The third-order valence-electron chi connectivity index (χ3n) is 4.48. The van der Waals surface area contributed by atoms with E-state index >= 15 is 0 Å². The second-order valence-corrected chi connectivity index (χ2v) is 7.41. The Balaban J connectivity index is 2.05. The van der Waals surface area contributed by atoms with Gasteiger partial charge in [0.25, 0.3) is 5.56 Å². The summed E-state index contributed by atoms with van der Waals surface area (Å²) in [7, 11) is 4.11. The van der Waals surface area contributed by atoms with Crippen LogP contribution in [0.5, 0.6) is 0 Å². The van der Waals surface area contributed by atoms with Gasteiger partial charge in [-0.3, -0.25) is 9.36 Å². The second kappa shape index (κ2) is 5.60. The quantitative estimate of drug-likeness (QED) is 0.718. The van der Waals surface area contributed by atoms with Crippen molar-refractivity contribution >= 4 is 33.3 Å².